The van der Waals surface area contributed by atoms with Gasteiger partial charge in [0, 0.05) is 16.1 Å². The molecule has 110 valence electrons. The Bertz CT molecular complexity index is 832. The first-order chi connectivity index (χ1) is 10.6. The van der Waals surface area contributed by atoms with Crippen LogP contribution in [-0.4, -0.2) is 22.9 Å². The zero-order chi connectivity index (χ0) is 15.7. The van der Waals surface area contributed by atoms with Gasteiger partial charge in [0.2, 0.25) is 0 Å². The van der Waals surface area contributed by atoms with Crippen LogP contribution in [0.25, 0.3) is 0 Å². The van der Waals surface area contributed by atoms with Crippen molar-refractivity contribution in [1.29, 1.82) is 0 Å². The molecule has 0 saturated carbocycles. The summed E-state index contributed by atoms with van der Waals surface area (Å²) in [5, 5.41) is 20.7. The predicted molar refractivity (Wildman–Crippen MR) is 87.3 cm³/mol. The fraction of sp³-hybridized carbons (Fsp3) is 0. The molecule has 7 heteroatoms. The Labute approximate surface area is 135 Å². The predicted octanol–water partition coefficient (Wildman–Crippen LogP) is 3.47. The van der Waals surface area contributed by atoms with Crippen LogP contribution in [-0.2, 0) is 4.79 Å². The molecule has 1 aliphatic rings. The highest BCUT2D eigenvalue weighted by Crippen LogP contribution is 2.30. The van der Waals surface area contributed by atoms with Crippen molar-refractivity contribution in [3.63, 3.8) is 0 Å². The summed E-state index contributed by atoms with van der Waals surface area (Å²) in [6.07, 6.45) is 1.29. The number of hydrogen-bond donors (Lipinski definition) is 2. The van der Waals surface area contributed by atoms with Gasteiger partial charge in [-0.05, 0) is 18.2 Å². The van der Waals surface area contributed by atoms with Crippen LogP contribution >= 0.6 is 23.2 Å². The van der Waals surface area contributed by atoms with Crippen molar-refractivity contribution in [2.24, 2.45) is 10.2 Å². The number of nitrogens with one attached hydrogen (secondary N) is 1. The number of hydrogen-bond acceptors (Lipinski definition) is 4. The highest BCUT2D eigenvalue weighted by atomic mass is 35.5. The summed E-state index contributed by atoms with van der Waals surface area (Å²) < 4.78 is 0. The van der Waals surface area contributed by atoms with Gasteiger partial charge in [0.25, 0.3) is 5.91 Å². The number of rotatable bonds is 2. The van der Waals surface area contributed by atoms with Crippen molar-refractivity contribution in [2.75, 3.05) is 5.32 Å². The summed E-state index contributed by atoms with van der Waals surface area (Å²) in [6, 6.07) is 10.1. The van der Waals surface area contributed by atoms with Crippen LogP contribution in [0.3, 0.4) is 0 Å². The lowest BCUT2D eigenvalue weighted by Crippen LogP contribution is -2.13. The first-order valence-electron chi connectivity index (χ1n) is 6.26. The lowest BCUT2D eigenvalue weighted by Gasteiger charge is -2.01. The number of carbonyl (C=O) groups is 1. The van der Waals surface area contributed by atoms with Crippen LogP contribution < -0.4 is 5.32 Å². The van der Waals surface area contributed by atoms with Crippen LogP contribution in [0.1, 0.15) is 11.1 Å². The molecule has 0 radical (unpaired) electrons. The Morgan fingerprint density at radius 1 is 1.18 bits per heavy atom. The topological polar surface area (TPSA) is 74.0 Å². The largest absolute Gasteiger partial charge is 0.506 e. The molecule has 2 N–H and O–H groups in total. The number of para-hydroxylation sites is 1. The first kappa shape index (κ1) is 14.6. The molecule has 0 unspecified atom stereocenters. The van der Waals surface area contributed by atoms with Crippen molar-refractivity contribution >= 4 is 46.7 Å². The number of amides is 1. The zero-order valence-corrected chi connectivity index (χ0v) is 12.6. The maximum atomic E-state index is 11.8. The maximum Gasteiger partial charge on any atom is 0.276 e. The van der Waals surface area contributed by atoms with E-state index in [1.165, 1.54) is 18.3 Å². The van der Waals surface area contributed by atoms with Gasteiger partial charge in [-0.15, -0.1) is 5.10 Å². The molecule has 1 amide bonds. The summed E-state index contributed by atoms with van der Waals surface area (Å²) in [7, 11) is 0. The number of aromatic hydroxyl groups is 1. The van der Waals surface area contributed by atoms with Crippen LogP contribution in [0.4, 0.5) is 5.69 Å². The number of benzene rings is 2. The molecule has 0 aliphatic carbocycles. The summed E-state index contributed by atoms with van der Waals surface area (Å²) in [5.41, 5.74) is 1.89. The van der Waals surface area contributed by atoms with Crippen LogP contribution in [0.2, 0.25) is 10.0 Å². The second-order valence-corrected chi connectivity index (χ2v) is 5.36. The number of phenolic OH excluding ortho intramolecular Hbond substituents is 1. The lowest BCUT2D eigenvalue weighted by molar-refractivity contribution is -0.110. The average Bonchev–Trinajstić information content (AvgIpc) is 2.80. The fourth-order valence-corrected chi connectivity index (χ4v) is 2.54. The van der Waals surface area contributed by atoms with Crippen LogP contribution in [0, 0.1) is 0 Å². The molecule has 0 bridgehead atoms. The van der Waals surface area contributed by atoms with Crippen molar-refractivity contribution in [2.45, 2.75) is 0 Å². The molecule has 0 spiro atoms. The van der Waals surface area contributed by atoms with Crippen LogP contribution in [0.15, 0.2) is 46.6 Å². The fourth-order valence-electron chi connectivity index (χ4n) is 2.03. The Kier molecular flexibility index (Phi) is 3.83. The molecule has 1 heterocycles. The summed E-state index contributed by atoms with van der Waals surface area (Å²) in [6.45, 7) is 0. The third-order valence-electron chi connectivity index (χ3n) is 3.06. The SMILES string of the molecule is O=C1Nc2ccccc2/C1=N\N=C/c1cc(Cl)cc(Cl)c1O. The normalized spacial score (nSPS) is 15.4. The molecule has 3 rings (SSSR count). The Hall–Kier alpha value is -2.37. The van der Waals surface area contributed by atoms with E-state index < -0.39 is 0 Å². The molecule has 5 nitrogen and oxygen atoms in total. The number of phenols is 1. The van der Waals surface area contributed by atoms with E-state index in [2.05, 4.69) is 15.5 Å². The number of nitrogens with zero attached hydrogens (tertiary/aromatic N) is 2. The molecule has 0 aromatic heterocycles. The van der Waals surface area contributed by atoms with Gasteiger partial charge in [0.1, 0.15) is 5.75 Å². The number of anilines is 1. The third kappa shape index (κ3) is 2.68. The minimum Gasteiger partial charge on any atom is -0.506 e. The van der Waals surface area contributed by atoms with Crippen molar-refractivity contribution in [3.05, 3.63) is 57.6 Å². The van der Waals surface area contributed by atoms with E-state index in [1.54, 1.807) is 18.2 Å². The van der Waals surface area contributed by atoms with E-state index >= 15 is 0 Å². The van der Waals surface area contributed by atoms with Gasteiger partial charge in [-0.2, -0.15) is 5.10 Å². The van der Waals surface area contributed by atoms with E-state index in [0.29, 0.717) is 21.8 Å². The second kappa shape index (κ2) is 5.79. The monoisotopic (exact) mass is 333 g/mol. The van der Waals surface area contributed by atoms with Crippen molar-refractivity contribution < 1.29 is 9.90 Å². The smallest absolute Gasteiger partial charge is 0.276 e. The number of fused-ring (bicyclic) bond motifs is 1. The minimum absolute atomic E-state index is 0.116. The molecular formula is C15H9Cl2N3O2. The van der Waals surface area contributed by atoms with Crippen LogP contribution in [0.5, 0.6) is 5.75 Å². The van der Waals surface area contributed by atoms with Gasteiger partial charge < -0.3 is 10.4 Å². The number of halogens is 2. The van der Waals surface area contributed by atoms with E-state index in [4.69, 9.17) is 23.2 Å². The third-order valence-corrected chi connectivity index (χ3v) is 3.56. The molecule has 2 aromatic carbocycles. The first-order valence-corrected chi connectivity index (χ1v) is 7.01. The molecular weight excluding hydrogens is 325 g/mol. The lowest BCUT2D eigenvalue weighted by atomic mass is 10.1. The van der Waals surface area contributed by atoms with Gasteiger partial charge in [0.05, 0.1) is 16.9 Å². The highest BCUT2D eigenvalue weighted by Gasteiger charge is 2.25. The maximum absolute atomic E-state index is 11.8. The summed E-state index contributed by atoms with van der Waals surface area (Å²) in [4.78, 5) is 11.8. The molecule has 1 aliphatic heterocycles. The summed E-state index contributed by atoms with van der Waals surface area (Å²) in [5.74, 6) is -0.474. The van der Waals surface area contributed by atoms with E-state index in [9.17, 15) is 9.90 Å². The molecule has 22 heavy (non-hydrogen) atoms. The zero-order valence-electron chi connectivity index (χ0n) is 11.0. The summed E-state index contributed by atoms with van der Waals surface area (Å²) >= 11 is 11.7. The Morgan fingerprint density at radius 2 is 1.95 bits per heavy atom. The van der Waals surface area contributed by atoms with Crippen molar-refractivity contribution in [1.82, 2.24) is 0 Å². The second-order valence-electron chi connectivity index (χ2n) is 4.52. The number of carbonyl (C=O) groups excluding carboxylic acids is 1. The minimum atomic E-state index is -0.327. The van der Waals surface area contributed by atoms with Gasteiger partial charge >= 0.3 is 0 Å². The standard InChI is InChI=1S/C15H9Cl2N3O2/c16-9-5-8(14(21)11(17)6-9)7-18-20-13-10-3-1-2-4-12(10)19-15(13)22/h1-7,21H,(H,19,20,22)/b18-7-. The van der Waals surface area contributed by atoms with Gasteiger partial charge in [-0.25, -0.2) is 0 Å². The Balaban J connectivity index is 1.93. The molecule has 2 aromatic rings. The van der Waals surface area contributed by atoms with E-state index in [-0.39, 0.29) is 22.4 Å². The highest BCUT2D eigenvalue weighted by molar-refractivity contribution is 6.53. The van der Waals surface area contributed by atoms with E-state index in [1.807, 2.05) is 6.07 Å². The molecule has 0 fully saturated rings. The average molecular weight is 334 g/mol. The quantitative estimate of drug-likeness (QED) is 0.652. The molecule has 0 saturated heterocycles. The Morgan fingerprint density at radius 3 is 2.77 bits per heavy atom. The van der Waals surface area contributed by atoms with E-state index in [0.717, 1.165) is 0 Å². The molecule has 0 atom stereocenters. The van der Waals surface area contributed by atoms with Gasteiger partial charge in [-0.1, -0.05) is 41.4 Å². The van der Waals surface area contributed by atoms with Crippen molar-refractivity contribution in [3.8, 4) is 5.75 Å². The van der Waals surface area contributed by atoms with Gasteiger partial charge in [0.15, 0.2) is 5.71 Å². The van der Waals surface area contributed by atoms with Gasteiger partial charge in [-0.3, -0.25) is 4.79 Å².